The van der Waals surface area contributed by atoms with Crippen molar-refractivity contribution in [3.05, 3.63) is 18.2 Å². The predicted octanol–water partition coefficient (Wildman–Crippen LogP) is 1.33. The Morgan fingerprint density at radius 3 is 2.71 bits per heavy atom. The molecule has 17 heavy (non-hydrogen) atoms. The summed E-state index contributed by atoms with van der Waals surface area (Å²) < 4.78 is 2.11. The van der Waals surface area contributed by atoms with Gasteiger partial charge < -0.3 is 4.57 Å². The molecule has 2 rings (SSSR count). The topological polar surface area (TPSA) is 24.3 Å². The number of hydrogen-bond acceptors (Lipinski definition) is 3. The first-order valence-electron chi connectivity index (χ1n) is 6.52. The minimum absolute atomic E-state index is 0.614. The van der Waals surface area contributed by atoms with Crippen molar-refractivity contribution in [2.45, 2.75) is 39.4 Å². The minimum atomic E-state index is 0.614. The molecule has 0 saturated carbocycles. The zero-order valence-electron chi connectivity index (χ0n) is 11.4. The van der Waals surface area contributed by atoms with Crippen LogP contribution in [0.1, 0.15) is 26.6 Å². The van der Waals surface area contributed by atoms with Crippen molar-refractivity contribution < 1.29 is 0 Å². The zero-order valence-corrected chi connectivity index (χ0v) is 11.4. The summed E-state index contributed by atoms with van der Waals surface area (Å²) in [5.41, 5.74) is 0. The molecule has 0 N–H and O–H groups in total. The van der Waals surface area contributed by atoms with Gasteiger partial charge in [0.15, 0.2) is 0 Å². The molecule has 0 spiro atoms. The van der Waals surface area contributed by atoms with Crippen molar-refractivity contribution in [1.82, 2.24) is 19.4 Å². The normalized spacial score (nSPS) is 23.5. The van der Waals surface area contributed by atoms with Crippen LogP contribution >= 0.6 is 0 Å². The van der Waals surface area contributed by atoms with Gasteiger partial charge in [-0.2, -0.15) is 0 Å². The van der Waals surface area contributed by atoms with Gasteiger partial charge in [0.1, 0.15) is 5.82 Å². The lowest BCUT2D eigenvalue weighted by atomic mass is 10.1. The van der Waals surface area contributed by atoms with Crippen LogP contribution in [0.5, 0.6) is 0 Å². The molecule has 1 atom stereocenters. The number of hydrogen-bond donors (Lipinski definition) is 0. The largest absolute Gasteiger partial charge is 0.337 e. The summed E-state index contributed by atoms with van der Waals surface area (Å²) in [5.74, 6) is 1.16. The molecule has 96 valence electrons. The second kappa shape index (κ2) is 5.19. The molecule has 0 unspecified atom stereocenters. The van der Waals surface area contributed by atoms with E-state index in [1.165, 1.54) is 13.1 Å². The molecule has 1 fully saturated rings. The van der Waals surface area contributed by atoms with E-state index in [0.29, 0.717) is 12.1 Å². The highest BCUT2D eigenvalue weighted by Gasteiger charge is 2.25. The van der Waals surface area contributed by atoms with E-state index in [2.05, 4.69) is 47.2 Å². The fourth-order valence-electron chi connectivity index (χ4n) is 2.46. The molecule has 1 aliphatic rings. The second-order valence-corrected chi connectivity index (χ2v) is 5.36. The molecule has 0 aromatic carbocycles. The lowest BCUT2D eigenvalue weighted by Crippen LogP contribution is -2.53. The molecule has 1 saturated heterocycles. The van der Waals surface area contributed by atoms with E-state index < -0.39 is 0 Å². The lowest BCUT2D eigenvalue weighted by Gasteiger charge is -2.41. The number of rotatable bonds is 3. The van der Waals surface area contributed by atoms with Gasteiger partial charge in [-0.15, -0.1) is 0 Å². The summed E-state index contributed by atoms with van der Waals surface area (Å²) in [6.07, 6.45) is 3.90. The fourth-order valence-corrected chi connectivity index (χ4v) is 2.46. The third-order valence-electron chi connectivity index (χ3n) is 3.79. The number of piperazine rings is 1. The van der Waals surface area contributed by atoms with Crippen molar-refractivity contribution in [2.24, 2.45) is 7.05 Å². The third kappa shape index (κ3) is 2.87. The molecule has 2 heterocycles. The van der Waals surface area contributed by atoms with Crippen LogP contribution in [0.25, 0.3) is 0 Å². The first-order valence-corrected chi connectivity index (χ1v) is 6.52. The summed E-state index contributed by atoms with van der Waals surface area (Å²) in [5, 5.41) is 0. The van der Waals surface area contributed by atoms with Gasteiger partial charge in [-0.25, -0.2) is 4.98 Å². The molecule has 0 radical (unpaired) electrons. The van der Waals surface area contributed by atoms with Crippen molar-refractivity contribution >= 4 is 0 Å². The average Bonchev–Trinajstić information content (AvgIpc) is 2.67. The van der Waals surface area contributed by atoms with E-state index in [-0.39, 0.29) is 0 Å². The highest BCUT2D eigenvalue weighted by molar-refractivity contribution is 4.93. The molecule has 0 bridgehead atoms. The van der Waals surface area contributed by atoms with Gasteiger partial charge in [0, 0.05) is 51.2 Å². The molecule has 1 aromatic rings. The Morgan fingerprint density at radius 1 is 1.41 bits per heavy atom. The van der Waals surface area contributed by atoms with Crippen molar-refractivity contribution in [3.63, 3.8) is 0 Å². The Morgan fingerprint density at radius 2 is 2.18 bits per heavy atom. The zero-order chi connectivity index (χ0) is 12.4. The average molecular weight is 236 g/mol. The molecule has 4 nitrogen and oxygen atoms in total. The summed E-state index contributed by atoms with van der Waals surface area (Å²) in [7, 11) is 2.07. The van der Waals surface area contributed by atoms with Crippen molar-refractivity contribution in [3.8, 4) is 0 Å². The van der Waals surface area contributed by atoms with Crippen LogP contribution in [0.3, 0.4) is 0 Å². The predicted molar refractivity (Wildman–Crippen MR) is 69.8 cm³/mol. The molecule has 1 aliphatic heterocycles. The monoisotopic (exact) mass is 236 g/mol. The summed E-state index contributed by atoms with van der Waals surface area (Å²) >= 11 is 0. The fraction of sp³-hybridized carbons (Fsp3) is 0.769. The molecule has 0 aliphatic carbocycles. The standard InChI is InChI=1S/C13H24N4/c1-11(2)16-7-8-17(12(3)9-16)10-13-14-5-6-15(13)4/h5-6,11-12H,7-10H2,1-4H3/t12-/m0/s1. The Labute approximate surface area is 104 Å². The second-order valence-electron chi connectivity index (χ2n) is 5.36. The van der Waals surface area contributed by atoms with E-state index in [4.69, 9.17) is 0 Å². The third-order valence-corrected chi connectivity index (χ3v) is 3.79. The van der Waals surface area contributed by atoms with Gasteiger partial charge in [-0.05, 0) is 20.8 Å². The van der Waals surface area contributed by atoms with E-state index in [1.54, 1.807) is 0 Å². The lowest BCUT2D eigenvalue weighted by molar-refractivity contribution is 0.0575. The Balaban J connectivity index is 1.94. The van der Waals surface area contributed by atoms with Gasteiger partial charge in [0.25, 0.3) is 0 Å². The summed E-state index contributed by atoms with van der Waals surface area (Å²) in [6, 6.07) is 1.27. The van der Waals surface area contributed by atoms with E-state index in [9.17, 15) is 0 Å². The highest BCUT2D eigenvalue weighted by atomic mass is 15.3. The molecule has 4 heteroatoms. The minimum Gasteiger partial charge on any atom is -0.337 e. The van der Waals surface area contributed by atoms with E-state index >= 15 is 0 Å². The maximum Gasteiger partial charge on any atom is 0.122 e. The van der Waals surface area contributed by atoms with Crippen LogP contribution in [-0.2, 0) is 13.6 Å². The van der Waals surface area contributed by atoms with Crippen LogP contribution in [0.4, 0.5) is 0 Å². The SMILES string of the molecule is CC(C)N1CCN(Cc2nccn2C)[C@@H](C)C1. The molecular formula is C13H24N4. The van der Waals surface area contributed by atoms with Crippen LogP contribution < -0.4 is 0 Å². The van der Waals surface area contributed by atoms with Crippen molar-refractivity contribution in [2.75, 3.05) is 19.6 Å². The molecule has 1 aromatic heterocycles. The number of nitrogens with zero attached hydrogens (tertiary/aromatic N) is 4. The quantitative estimate of drug-likeness (QED) is 0.791. The summed E-state index contributed by atoms with van der Waals surface area (Å²) in [4.78, 5) is 9.49. The van der Waals surface area contributed by atoms with Crippen molar-refractivity contribution in [1.29, 1.82) is 0 Å². The first kappa shape index (κ1) is 12.6. The maximum absolute atomic E-state index is 4.41. The first-order chi connectivity index (χ1) is 8.08. The van der Waals surface area contributed by atoms with Crippen LogP contribution in [0.2, 0.25) is 0 Å². The number of aromatic nitrogens is 2. The smallest absolute Gasteiger partial charge is 0.122 e. The Kier molecular flexibility index (Phi) is 3.84. The Hall–Kier alpha value is -0.870. The summed E-state index contributed by atoms with van der Waals surface area (Å²) in [6.45, 7) is 11.3. The molecule has 0 amide bonds. The number of imidazole rings is 1. The molecular weight excluding hydrogens is 212 g/mol. The number of aryl methyl sites for hydroxylation is 1. The van der Waals surface area contributed by atoms with E-state index in [1.807, 2.05) is 12.4 Å². The van der Waals surface area contributed by atoms with E-state index in [0.717, 1.165) is 18.9 Å². The van der Waals surface area contributed by atoms with Gasteiger partial charge >= 0.3 is 0 Å². The Bertz CT molecular complexity index is 358. The van der Waals surface area contributed by atoms with Gasteiger partial charge in [-0.1, -0.05) is 0 Å². The van der Waals surface area contributed by atoms with Gasteiger partial charge in [-0.3, -0.25) is 9.80 Å². The van der Waals surface area contributed by atoms with Crippen LogP contribution in [-0.4, -0.2) is 51.1 Å². The van der Waals surface area contributed by atoms with Crippen LogP contribution in [0.15, 0.2) is 12.4 Å². The maximum atomic E-state index is 4.41. The van der Waals surface area contributed by atoms with Gasteiger partial charge in [0.05, 0.1) is 6.54 Å². The van der Waals surface area contributed by atoms with Gasteiger partial charge in [0.2, 0.25) is 0 Å². The van der Waals surface area contributed by atoms with Crippen LogP contribution in [0, 0.1) is 0 Å². The highest BCUT2D eigenvalue weighted by Crippen LogP contribution is 2.14.